The SMILES string of the molecule is CP(C)(=O)c1c(Oc2cccc(-c3n[c]cs3)c2)c(F)cc2[nH]ccc12. The number of ether oxygens (including phenoxy) is 1. The van der Waals surface area contributed by atoms with Crippen molar-refractivity contribution in [2.24, 2.45) is 0 Å². The van der Waals surface area contributed by atoms with Crippen molar-refractivity contribution >= 4 is 34.7 Å². The molecule has 1 radical (unpaired) electrons. The van der Waals surface area contributed by atoms with Gasteiger partial charge in [-0.25, -0.2) is 9.37 Å². The van der Waals surface area contributed by atoms with Crippen LogP contribution in [0.3, 0.4) is 0 Å². The lowest BCUT2D eigenvalue weighted by molar-refractivity contribution is 0.447. The molecule has 0 spiro atoms. The summed E-state index contributed by atoms with van der Waals surface area (Å²) in [6.07, 6.45) is 4.48. The van der Waals surface area contributed by atoms with E-state index in [0.717, 1.165) is 10.6 Å². The van der Waals surface area contributed by atoms with Crippen LogP contribution in [0.25, 0.3) is 21.5 Å². The molecule has 0 saturated heterocycles. The van der Waals surface area contributed by atoms with Crippen molar-refractivity contribution in [1.82, 2.24) is 9.97 Å². The number of rotatable bonds is 4. The Bertz CT molecular complexity index is 1130. The highest BCUT2D eigenvalue weighted by Crippen LogP contribution is 2.44. The molecule has 0 aliphatic rings. The quantitative estimate of drug-likeness (QED) is 0.487. The van der Waals surface area contributed by atoms with E-state index >= 15 is 0 Å². The van der Waals surface area contributed by atoms with Gasteiger partial charge in [-0.05, 0) is 31.5 Å². The third-order valence-electron chi connectivity index (χ3n) is 3.97. The second kappa shape index (κ2) is 6.38. The second-order valence-corrected chi connectivity index (χ2v) is 10.2. The number of hydrogen-bond acceptors (Lipinski definition) is 4. The fourth-order valence-corrected chi connectivity index (χ4v) is 4.91. The number of benzene rings is 2. The first-order valence-corrected chi connectivity index (χ1v) is 11.4. The first-order chi connectivity index (χ1) is 12.4. The number of aromatic amines is 1. The number of thiazole rings is 1. The first kappa shape index (κ1) is 17.0. The molecule has 7 heteroatoms. The van der Waals surface area contributed by atoms with Gasteiger partial charge in [-0.15, -0.1) is 11.3 Å². The van der Waals surface area contributed by atoms with E-state index in [1.165, 1.54) is 17.4 Å². The zero-order valence-corrected chi connectivity index (χ0v) is 15.8. The van der Waals surface area contributed by atoms with Crippen molar-refractivity contribution < 1.29 is 13.7 Å². The van der Waals surface area contributed by atoms with Crippen LogP contribution in [0.4, 0.5) is 4.39 Å². The van der Waals surface area contributed by atoms with Crippen molar-refractivity contribution in [2.45, 2.75) is 0 Å². The van der Waals surface area contributed by atoms with E-state index in [0.29, 0.717) is 22.0 Å². The van der Waals surface area contributed by atoms with Crippen LogP contribution in [0.2, 0.25) is 0 Å². The van der Waals surface area contributed by atoms with E-state index in [4.69, 9.17) is 4.74 Å². The van der Waals surface area contributed by atoms with Gasteiger partial charge < -0.3 is 14.3 Å². The molecule has 0 bridgehead atoms. The first-order valence-electron chi connectivity index (χ1n) is 7.88. The lowest BCUT2D eigenvalue weighted by Crippen LogP contribution is -2.10. The van der Waals surface area contributed by atoms with Gasteiger partial charge in [-0.2, -0.15) is 0 Å². The summed E-state index contributed by atoms with van der Waals surface area (Å²) in [5, 5.41) is 3.68. The number of nitrogens with one attached hydrogen (secondary N) is 1. The average molecular weight is 385 g/mol. The molecule has 4 rings (SSSR count). The van der Waals surface area contributed by atoms with Gasteiger partial charge in [-0.3, -0.25) is 0 Å². The molecule has 131 valence electrons. The van der Waals surface area contributed by atoms with Gasteiger partial charge >= 0.3 is 0 Å². The van der Waals surface area contributed by atoms with E-state index in [1.807, 2.05) is 12.1 Å². The molecule has 2 aromatic carbocycles. The highest BCUT2D eigenvalue weighted by Gasteiger charge is 2.25. The summed E-state index contributed by atoms with van der Waals surface area (Å²) in [5.41, 5.74) is 1.45. The third-order valence-corrected chi connectivity index (χ3v) is 6.26. The molecule has 0 atom stereocenters. The molecule has 0 unspecified atom stereocenters. The van der Waals surface area contributed by atoms with Gasteiger partial charge in [0.2, 0.25) is 0 Å². The molecule has 4 aromatic rings. The smallest absolute Gasteiger partial charge is 0.174 e. The zero-order valence-electron chi connectivity index (χ0n) is 14.1. The molecular formula is C19H15FN2O2PS. The minimum Gasteiger partial charge on any atom is -0.453 e. The van der Waals surface area contributed by atoms with E-state index < -0.39 is 13.0 Å². The zero-order chi connectivity index (χ0) is 18.3. The summed E-state index contributed by atoms with van der Waals surface area (Å²) in [5.74, 6) is -0.0821. The van der Waals surface area contributed by atoms with Crippen LogP contribution in [0.5, 0.6) is 11.5 Å². The summed E-state index contributed by atoms with van der Waals surface area (Å²) in [7, 11) is -2.79. The summed E-state index contributed by atoms with van der Waals surface area (Å²) in [6.45, 7) is 3.23. The summed E-state index contributed by atoms with van der Waals surface area (Å²) in [6, 6.07) is 10.4. The van der Waals surface area contributed by atoms with Crippen LogP contribution in [0.1, 0.15) is 0 Å². The molecule has 0 saturated carbocycles. The van der Waals surface area contributed by atoms with Gasteiger partial charge in [0.05, 0.1) is 5.30 Å². The summed E-state index contributed by atoms with van der Waals surface area (Å²) >= 11 is 1.46. The van der Waals surface area contributed by atoms with Crippen molar-refractivity contribution in [1.29, 1.82) is 0 Å². The second-order valence-electron chi connectivity index (χ2n) is 6.24. The maximum Gasteiger partial charge on any atom is 0.174 e. The molecule has 1 N–H and O–H groups in total. The topological polar surface area (TPSA) is 55.0 Å². The molecule has 0 aliphatic carbocycles. The van der Waals surface area contributed by atoms with Crippen molar-refractivity contribution in [2.75, 3.05) is 13.3 Å². The molecule has 0 amide bonds. The predicted molar refractivity (Wildman–Crippen MR) is 104 cm³/mol. The Morgan fingerprint density at radius 2 is 2.12 bits per heavy atom. The summed E-state index contributed by atoms with van der Waals surface area (Å²) in [4.78, 5) is 7.12. The van der Waals surface area contributed by atoms with Crippen LogP contribution in [-0.2, 0) is 4.57 Å². The largest absolute Gasteiger partial charge is 0.453 e. The molecular weight excluding hydrogens is 370 g/mol. The third kappa shape index (κ3) is 3.06. The molecule has 0 fully saturated rings. The van der Waals surface area contributed by atoms with Crippen molar-refractivity contribution in [3.8, 4) is 22.1 Å². The van der Waals surface area contributed by atoms with Crippen LogP contribution in [0, 0.1) is 12.0 Å². The summed E-state index contributed by atoms with van der Waals surface area (Å²) < 4.78 is 33.5. The highest BCUT2D eigenvalue weighted by molar-refractivity contribution is 7.70. The van der Waals surface area contributed by atoms with E-state index in [1.54, 1.807) is 43.1 Å². The lowest BCUT2D eigenvalue weighted by Gasteiger charge is -2.17. The molecule has 26 heavy (non-hydrogen) atoms. The Hall–Kier alpha value is -2.43. The Labute approximate surface area is 154 Å². The number of fused-ring (bicyclic) bond motifs is 1. The van der Waals surface area contributed by atoms with Crippen LogP contribution in [-0.4, -0.2) is 23.3 Å². The van der Waals surface area contributed by atoms with Crippen molar-refractivity contribution in [3.05, 3.63) is 60.0 Å². The van der Waals surface area contributed by atoms with Gasteiger partial charge in [0.1, 0.15) is 24.1 Å². The normalized spacial score (nSPS) is 11.8. The molecule has 0 aliphatic heterocycles. The van der Waals surface area contributed by atoms with Gasteiger partial charge in [-0.1, -0.05) is 12.1 Å². The van der Waals surface area contributed by atoms with Crippen LogP contribution >= 0.6 is 18.5 Å². The van der Waals surface area contributed by atoms with Crippen LogP contribution in [0.15, 0.2) is 48.0 Å². The Morgan fingerprint density at radius 3 is 2.85 bits per heavy atom. The standard InChI is InChI=1S/C19H15FN2O2PS/c1-25(2,23)18-14-6-7-21-16(14)11-15(20)17(18)24-13-5-3-4-12(10-13)19-22-8-9-26-19/h3-7,9-11,21H,1-2H3. The van der Waals surface area contributed by atoms with Crippen molar-refractivity contribution in [3.63, 3.8) is 0 Å². The van der Waals surface area contributed by atoms with E-state index in [-0.39, 0.29) is 5.75 Å². The molecule has 2 heterocycles. The highest BCUT2D eigenvalue weighted by atomic mass is 32.1. The van der Waals surface area contributed by atoms with Gasteiger partial charge in [0, 0.05) is 34.1 Å². The fraction of sp³-hybridized carbons (Fsp3) is 0.105. The number of H-pyrrole nitrogens is 1. The minimum atomic E-state index is -2.79. The predicted octanol–water partition coefficient (Wildman–Crippen LogP) is 5.27. The maximum absolute atomic E-state index is 14.8. The monoisotopic (exact) mass is 385 g/mol. The van der Waals surface area contributed by atoms with E-state index in [9.17, 15) is 8.96 Å². The van der Waals surface area contributed by atoms with Gasteiger partial charge in [0.25, 0.3) is 0 Å². The van der Waals surface area contributed by atoms with Crippen LogP contribution < -0.4 is 10.0 Å². The van der Waals surface area contributed by atoms with Gasteiger partial charge in [0.15, 0.2) is 11.6 Å². The number of nitrogens with zero attached hydrogens (tertiary/aromatic N) is 1. The minimum absolute atomic E-state index is 0.00767. The number of aromatic nitrogens is 2. The Balaban J connectivity index is 1.84. The average Bonchev–Trinajstić information content (AvgIpc) is 3.25. The fourth-order valence-electron chi connectivity index (χ4n) is 2.90. The molecule has 4 nitrogen and oxygen atoms in total. The number of hydrogen-bond donors (Lipinski definition) is 1. The Kier molecular flexibility index (Phi) is 4.17. The molecule has 2 aromatic heterocycles. The Morgan fingerprint density at radius 1 is 1.27 bits per heavy atom. The number of halogens is 1. The lowest BCUT2D eigenvalue weighted by atomic mass is 10.2. The maximum atomic E-state index is 14.8. The van der Waals surface area contributed by atoms with E-state index in [2.05, 4.69) is 16.2 Å².